The number of amides is 2. The maximum Gasteiger partial charge on any atom is 0.299 e. The van der Waals surface area contributed by atoms with Crippen molar-refractivity contribution in [3.05, 3.63) is 65.1 Å². The number of anilines is 3. The first kappa shape index (κ1) is 24.8. The van der Waals surface area contributed by atoms with Crippen LogP contribution in [0.5, 0.6) is 0 Å². The van der Waals surface area contributed by atoms with Crippen LogP contribution in [0.4, 0.5) is 17.6 Å². The fourth-order valence-corrected chi connectivity index (χ4v) is 4.66. The van der Waals surface area contributed by atoms with Gasteiger partial charge in [-0.3, -0.25) is 14.0 Å². The van der Waals surface area contributed by atoms with Crippen LogP contribution < -0.4 is 16.0 Å². The number of aryl methyl sites for hydroxylation is 3. The van der Waals surface area contributed by atoms with Crippen LogP contribution >= 0.6 is 0 Å². The Kier molecular flexibility index (Phi) is 6.43. The molecule has 2 amide bonds. The first-order chi connectivity index (χ1) is 18.3. The number of nitrogen functional groups attached to an aromatic ring is 1. The minimum atomic E-state index is -0.234. The summed E-state index contributed by atoms with van der Waals surface area (Å²) in [5.41, 5.74) is 11.7. The second-order valence-corrected chi connectivity index (χ2v) is 9.30. The first-order valence-electron chi connectivity index (χ1n) is 12.2. The molecule has 5 rings (SSSR count). The Morgan fingerprint density at radius 3 is 2.63 bits per heavy atom. The van der Waals surface area contributed by atoms with Crippen LogP contribution in [0.15, 0.2) is 42.9 Å². The van der Waals surface area contributed by atoms with Crippen LogP contribution in [0.1, 0.15) is 34.0 Å². The van der Waals surface area contributed by atoms with E-state index in [9.17, 15) is 9.59 Å². The van der Waals surface area contributed by atoms with Crippen molar-refractivity contribution in [1.82, 2.24) is 24.3 Å². The first-order valence-corrected chi connectivity index (χ1v) is 12.2. The van der Waals surface area contributed by atoms with Gasteiger partial charge in [0.2, 0.25) is 5.95 Å². The lowest BCUT2D eigenvalue weighted by Crippen LogP contribution is -2.30. The van der Waals surface area contributed by atoms with E-state index < -0.39 is 0 Å². The lowest BCUT2D eigenvalue weighted by Gasteiger charge is -2.17. The van der Waals surface area contributed by atoms with Gasteiger partial charge in [0.1, 0.15) is 22.8 Å². The smallest absolute Gasteiger partial charge is 0.299 e. The molecule has 0 radical (unpaired) electrons. The van der Waals surface area contributed by atoms with Crippen molar-refractivity contribution in [1.29, 1.82) is 0 Å². The highest BCUT2D eigenvalue weighted by molar-refractivity contribution is 6.05. The molecule has 0 spiro atoms. The molecule has 1 aliphatic heterocycles. The van der Waals surface area contributed by atoms with E-state index in [2.05, 4.69) is 27.1 Å². The zero-order valence-electron chi connectivity index (χ0n) is 21.7. The predicted molar refractivity (Wildman–Crippen MR) is 147 cm³/mol. The monoisotopic (exact) mass is 508 g/mol. The third-order valence-corrected chi connectivity index (χ3v) is 6.54. The van der Waals surface area contributed by atoms with Gasteiger partial charge in [-0.1, -0.05) is 18.1 Å². The summed E-state index contributed by atoms with van der Waals surface area (Å²) in [6, 6.07) is 7.53. The van der Waals surface area contributed by atoms with Crippen molar-refractivity contribution in [3.63, 3.8) is 0 Å². The SMILES string of the molecule is CC#CC(=O)N1CCN(c2nc(-c3ccc(C(=O)Nc4ncc(C)cc4C)c(C)c3)c3c(N)nccn23)C1. The molecule has 1 saturated heterocycles. The third-order valence-electron chi connectivity index (χ3n) is 6.54. The predicted octanol–water partition coefficient (Wildman–Crippen LogP) is 3.18. The Bertz CT molecular complexity index is 1650. The number of benzene rings is 1. The molecule has 1 fully saturated rings. The van der Waals surface area contributed by atoms with E-state index in [1.54, 1.807) is 36.5 Å². The van der Waals surface area contributed by atoms with Crippen molar-refractivity contribution >= 4 is 34.9 Å². The summed E-state index contributed by atoms with van der Waals surface area (Å²) >= 11 is 0. The van der Waals surface area contributed by atoms with E-state index in [1.165, 1.54) is 0 Å². The summed E-state index contributed by atoms with van der Waals surface area (Å²) in [5.74, 6) is 6.34. The number of carbonyl (C=O) groups is 2. The molecule has 0 aliphatic carbocycles. The molecule has 0 bridgehead atoms. The van der Waals surface area contributed by atoms with E-state index in [4.69, 9.17) is 10.7 Å². The summed E-state index contributed by atoms with van der Waals surface area (Å²) < 4.78 is 1.89. The van der Waals surface area contributed by atoms with Gasteiger partial charge in [0, 0.05) is 42.8 Å². The molecule has 38 heavy (non-hydrogen) atoms. The number of carbonyl (C=O) groups excluding carboxylic acids is 2. The van der Waals surface area contributed by atoms with Crippen LogP contribution in [0.25, 0.3) is 16.8 Å². The number of fused-ring (bicyclic) bond motifs is 1. The van der Waals surface area contributed by atoms with Crippen LogP contribution in [-0.4, -0.2) is 55.8 Å². The van der Waals surface area contributed by atoms with Gasteiger partial charge < -0.3 is 20.9 Å². The van der Waals surface area contributed by atoms with Crippen molar-refractivity contribution in [2.45, 2.75) is 27.7 Å². The maximum atomic E-state index is 13.0. The number of imidazole rings is 1. The quantitative estimate of drug-likeness (QED) is 0.406. The zero-order valence-corrected chi connectivity index (χ0v) is 21.7. The molecule has 0 saturated carbocycles. The molecule has 4 heterocycles. The largest absolute Gasteiger partial charge is 0.382 e. The van der Waals surface area contributed by atoms with Gasteiger partial charge in [-0.2, -0.15) is 0 Å². The Labute approximate surface area is 220 Å². The highest BCUT2D eigenvalue weighted by Crippen LogP contribution is 2.33. The molecule has 1 aromatic carbocycles. The van der Waals surface area contributed by atoms with Crippen LogP contribution in [0, 0.1) is 32.6 Å². The summed E-state index contributed by atoms with van der Waals surface area (Å²) in [6.45, 7) is 8.94. The Hall–Kier alpha value is -4.91. The minimum Gasteiger partial charge on any atom is -0.382 e. The number of hydrogen-bond acceptors (Lipinski definition) is 7. The average Bonchev–Trinajstić information content (AvgIpc) is 3.52. The Balaban J connectivity index is 1.48. The minimum absolute atomic E-state index is 0.210. The third kappa shape index (κ3) is 4.50. The van der Waals surface area contributed by atoms with Crippen LogP contribution in [0.3, 0.4) is 0 Å². The molecule has 0 atom stereocenters. The highest BCUT2D eigenvalue weighted by Gasteiger charge is 2.28. The maximum absolute atomic E-state index is 13.0. The molecule has 3 aromatic heterocycles. The number of aromatic nitrogens is 4. The van der Waals surface area contributed by atoms with E-state index in [-0.39, 0.29) is 11.8 Å². The molecule has 4 aromatic rings. The zero-order chi connectivity index (χ0) is 27.0. The van der Waals surface area contributed by atoms with Gasteiger partial charge in [-0.15, -0.1) is 0 Å². The van der Waals surface area contributed by atoms with Gasteiger partial charge in [0.05, 0.1) is 6.67 Å². The summed E-state index contributed by atoms with van der Waals surface area (Å²) in [6.07, 6.45) is 5.16. The lowest BCUT2D eigenvalue weighted by atomic mass is 10.0. The number of nitrogens with zero attached hydrogens (tertiary/aromatic N) is 6. The number of rotatable bonds is 4. The van der Waals surface area contributed by atoms with Gasteiger partial charge in [-0.05, 0) is 62.4 Å². The topological polar surface area (TPSA) is 122 Å². The van der Waals surface area contributed by atoms with Crippen molar-refractivity contribution in [2.75, 3.05) is 35.7 Å². The number of nitrogens with one attached hydrogen (secondary N) is 1. The van der Waals surface area contributed by atoms with Crippen molar-refractivity contribution in [2.24, 2.45) is 0 Å². The standard InChI is InChI=1S/C28H28N8O2/c1-5-6-22(37)34-11-12-35(16-34)28-32-23(24-25(29)30-9-10-36(24)28)20-7-8-21(18(3)14-20)27(38)33-26-19(4)13-17(2)15-31-26/h7-10,13-15H,11-12,16H2,1-4H3,(H2,29,30)(H,31,33,38). The van der Waals surface area contributed by atoms with Gasteiger partial charge >= 0.3 is 0 Å². The molecule has 0 unspecified atom stereocenters. The van der Waals surface area contributed by atoms with Crippen LogP contribution in [0.2, 0.25) is 0 Å². The summed E-state index contributed by atoms with van der Waals surface area (Å²) in [4.78, 5) is 42.6. The summed E-state index contributed by atoms with van der Waals surface area (Å²) in [7, 11) is 0. The molecule has 10 heteroatoms. The molecule has 192 valence electrons. The molecule has 10 nitrogen and oxygen atoms in total. The Morgan fingerprint density at radius 1 is 1.08 bits per heavy atom. The number of hydrogen-bond donors (Lipinski definition) is 2. The highest BCUT2D eigenvalue weighted by atomic mass is 16.2. The normalized spacial score (nSPS) is 12.9. The van der Waals surface area contributed by atoms with Gasteiger partial charge in [0.15, 0.2) is 0 Å². The van der Waals surface area contributed by atoms with Gasteiger partial charge in [-0.25, -0.2) is 15.0 Å². The Morgan fingerprint density at radius 2 is 1.89 bits per heavy atom. The number of pyridine rings is 1. The summed E-state index contributed by atoms with van der Waals surface area (Å²) in [5, 5.41) is 2.91. The van der Waals surface area contributed by atoms with E-state index >= 15 is 0 Å². The second-order valence-electron chi connectivity index (χ2n) is 9.30. The van der Waals surface area contributed by atoms with E-state index in [1.807, 2.05) is 48.3 Å². The molecular weight excluding hydrogens is 480 g/mol. The number of nitrogens with two attached hydrogens (primary N) is 1. The molecular formula is C28H28N8O2. The average molecular weight is 509 g/mol. The van der Waals surface area contributed by atoms with Gasteiger partial charge in [0.25, 0.3) is 11.8 Å². The lowest BCUT2D eigenvalue weighted by molar-refractivity contribution is -0.124. The fraction of sp³-hybridized carbons (Fsp3) is 0.250. The molecule has 3 N–H and O–H groups in total. The van der Waals surface area contributed by atoms with Crippen LogP contribution in [-0.2, 0) is 4.79 Å². The van der Waals surface area contributed by atoms with E-state index in [0.717, 1.165) is 22.3 Å². The van der Waals surface area contributed by atoms with E-state index in [0.29, 0.717) is 54.1 Å². The van der Waals surface area contributed by atoms with Crippen molar-refractivity contribution in [3.8, 4) is 23.1 Å². The second kappa shape index (κ2) is 9.86. The fourth-order valence-electron chi connectivity index (χ4n) is 4.66. The van der Waals surface area contributed by atoms with Crippen molar-refractivity contribution < 1.29 is 9.59 Å². The molecule has 1 aliphatic rings.